The lowest BCUT2D eigenvalue weighted by atomic mass is 9.94. The van der Waals surface area contributed by atoms with Crippen LogP contribution in [0.15, 0.2) is 54.7 Å². The van der Waals surface area contributed by atoms with Crippen LogP contribution in [0.2, 0.25) is 0 Å². The largest absolute Gasteiger partial charge is 0.486 e. The Bertz CT molecular complexity index is 1320. The lowest BCUT2D eigenvalue weighted by Crippen LogP contribution is -2.29. The van der Waals surface area contributed by atoms with Gasteiger partial charge in [0.1, 0.15) is 12.4 Å². The molecule has 8 nitrogen and oxygen atoms in total. The molecule has 1 aliphatic heterocycles. The maximum Gasteiger partial charge on any atom is 0.416 e. The van der Waals surface area contributed by atoms with E-state index in [1.165, 1.54) is 12.1 Å². The molecule has 0 spiro atoms. The minimum absolute atomic E-state index is 0.0123. The number of ether oxygens (including phenoxy) is 1. The van der Waals surface area contributed by atoms with Gasteiger partial charge in [0, 0.05) is 18.5 Å². The second-order valence-corrected chi connectivity index (χ2v) is 9.03. The molecule has 188 valence electrons. The highest BCUT2D eigenvalue weighted by molar-refractivity contribution is 5.57. The highest BCUT2D eigenvalue weighted by Crippen LogP contribution is 2.31. The molecule has 1 fully saturated rings. The van der Waals surface area contributed by atoms with Crippen molar-refractivity contribution in [3.05, 3.63) is 71.8 Å². The van der Waals surface area contributed by atoms with Gasteiger partial charge in [-0.1, -0.05) is 11.3 Å². The first kappa shape index (κ1) is 24.0. The van der Waals surface area contributed by atoms with Crippen LogP contribution in [0.3, 0.4) is 0 Å². The number of halogens is 3. The molecule has 0 saturated carbocycles. The lowest BCUT2D eigenvalue weighted by molar-refractivity contribution is -0.137. The molecule has 0 aliphatic carbocycles. The molecule has 36 heavy (non-hydrogen) atoms. The fraction of sp³-hybridized carbons (Fsp3) is 0.360. The molecule has 0 atom stereocenters. The number of hydrogen-bond acceptors (Lipinski definition) is 6. The van der Waals surface area contributed by atoms with Crippen molar-refractivity contribution in [2.75, 3.05) is 20.1 Å². The summed E-state index contributed by atoms with van der Waals surface area (Å²) in [6.07, 6.45) is -0.263. The van der Waals surface area contributed by atoms with Crippen LogP contribution >= 0.6 is 0 Å². The van der Waals surface area contributed by atoms with Gasteiger partial charge >= 0.3 is 6.18 Å². The fourth-order valence-corrected chi connectivity index (χ4v) is 4.31. The third-order valence-electron chi connectivity index (χ3n) is 6.53. The summed E-state index contributed by atoms with van der Waals surface area (Å²) in [7, 11) is 3.93. The molecular formula is C25H26F3N7O. The van der Waals surface area contributed by atoms with Crippen LogP contribution in [0.1, 0.15) is 35.8 Å². The quantitative estimate of drug-likeness (QED) is 0.391. The van der Waals surface area contributed by atoms with Gasteiger partial charge in [0.15, 0.2) is 11.6 Å². The van der Waals surface area contributed by atoms with Crippen molar-refractivity contribution < 1.29 is 17.9 Å². The smallest absolute Gasteiger partial charge is 0.416 e. The monoisotopic (exact) mass is 497 g/mol. The van der Waals surface area contributed by atoms with Crippen molar-refractivity contribution in [1.29, 1.82) is 0 Å². The number of rotatable bonds is 6. The summed E-state index contributed by atoms with van der Waals surface area (Å²) in [5.74, 6) is 1.66. The molecule has 11 heteroatoms. The molecule has 2 aromatic carbocycles. The zero-order valence-electron chi connectivity index (χ0n) is 20.0. The maximum atomic E-state index is 12.9. The summed E-state index contributed by atoms with van der Waals surface area (Å²) in [6.45, 7) is 2.12. The molecule has 2 aromatic heterocycles. The number of piperidine rings is 1. The predicted octanol–water partition coefficient (Wildman–Crippen LogP) is 4.47. The van der Waals surface area contributed by atoms with Gasteiger partial charge in [-0.2, -0.15) is 13.2 Å². The summed E-state index contributed by atoms with van der Waals surface area (Å²) in [6, 6.07) is 12.5. The Morgan fingerprint density at radius 3 is 2.44 bits per heavy atom. The normalized spacial score (nSPS) is 15.4. The highest BCUT2D eigenvalue weighted by atomic mass is 19.4. The summed E-state index contributed by atoms with van der Waals surface area (Å²) in [4.78, 5) is 2.33. The van der Waals surface area contributed by atoms with Crippen molar-refractivity contribution in [3.63, 3.8) is 0 Å². The topological polar surface area (TPSA) is 73.9 Å². The third-order valence-corrected chi connectivity index (χ3v) is 6.53. The molecule has 4 aromatic rings. The molecule has 0 radical (unpaired) electrons. The van der Waals surface area contributed by atoms with E-state index in [9.17, 15) is 13.2 Å². The third kappa shape index (κ3) is 5.11. The van der Waals surface area contributed by atoms with E-state index in [0.717, 1.165) is 55.0 Å². The summed E-state index contributed by atoms with van der Waals surface area (Å²) in [5, 5.41) is 17.1. The molecule has 0 bridgehead atoms. The fourth-order valence-electron chi connectivity index (χ4n) is 4.31. The summed E-state index contributed by atoms with van der Waals surface area (Å²) in [5.41, 5.74) is 1.99. The highest BCUT2D eigenvalue weighted by Gasteiger charge is 2.30. The standard InChI is InChI=1S/C25H26F3N7O/c1-33-12-10-17(11-13-33)22-15-35(32-29-22)20-8-6-18(7-9-20)24-31-30-23(34(24)2)16-36-21-5-3-4-19(14-21)25(26,27)28/h3-9,14-15,17H,10-13,16H2,1-2H3. The molecule has 1 aliphatic rings. The number of nitrogens with zero attached hydrogens (tertiary/aromatic N) is 7. The Hall–Kier alpha value is -3.73. The van der Waals surface area contributed by atoms with Crippen LogP contribution < -0.4 is 4.74 Å². The van der Waals surface area contributed by atoms with Gasteiger partial charge in [0.2, 0.25) is 0 Å². The maximum absolute atomic E-state index is 12.9. The Labute approximate surface area is 206 Å². The first-order valence-corrected chi connectivity index (χ1v) is 11.7. The summed E-state index contributed by atoms with van der Waals surface area (Å²) < 4.78 is 47.9. The van der Waals surface area contributed by atoms with Gasteiger partial charge in [-0.3, -0.25) is 0 Å². The molecule has 0 unspecified atom stereocenters. The summed E-state index contributed by atoms with van der Waals surface area (Å²) >= 11 is 0. The Morgan fingerprint density at radius 1 is 0.972 bits per heavy atom. The number of benzene rings is 2. The van der Waals surface area contributed by atoms with E-state index in [2.05, 4.69) is 32.5 Å². The lowest BCUT2D eigenvalue weighted by Gasteiger charge is -2.27. The van der Waals surface area contributed by atoms with Gasteiger partial charge in [0.25, 0.3) is 0 Å². The van der Waals surface area contributed by atoms with E-state index in [4.69, 9.17) is 4.74 Å². The van der Waals surface area contributed by atoms with E-state index in [1.807, 2.05) is 30.5 Å². The van der Waals surface area contributed by atoms with Gasteiger partial charge < -0.3 is 14.2 Å². The number of likely N-dealkylation sites (tertiary alicyclic amines) is 1. The van der Waals surface area contributed by atoms with Gasteiger partial charge in [-0.05, 0) is 75.4 Å². The zero-order valence-corrected chi connectivity index (χ0v) is 20.0. The minimum atomic E-state index is -4.43. The first-order valence-electron chi connectivity index (χ1n) is 11.7. The van der Waals surface area contributed by atoms with Crippen molar-refractivity contribution >= 4 is 0 Å². The molecular weight excluding hydrogens is 471 g/mol. The van der Waals surface area contributed by atoms with Crippen molar-refractivity contribution in [1.82, 2.24) is 34.7 Å². The van der Waals surface area contributed by atoms with Gasteiger partial charge in [-0.15, -0.1) is 15.3 Å². The second kappa shape index (κ2) is 9.73. The van der Waals surface area contributed by atoms with Crippen LogP contribution in [0.25, 0.3) is 17.1 Å². The molecule has 3 heterocycles. The van der Waals surface area contributed by atoms with Crippen molar-refractivity contribution in [2.24, 2.45) is 7.05 Å². The first-order chi connectivity index (χ1) is 17.3. The number of alkyl halides is 3. The second-order valence-electron chi connectivity index (χ2n) is 9.03. The van der Waals surface area contributed by atoms with E-state index in [0.29, 0.717) is 17.6 Å². The molecule has 0 amide bonds. The van der Waals surface area contributed by atoms with E-state index < -0.39 is 11.7 Å². The van der Waals surface area contributed by atoms with Crippen LogP contribution in [0.5, 0.6) is 5.75 Å². The Balaban J connectivity index is 1.26. The van der Waals surface area contributed by atoms with E-state index >= 15 is 0 Å². The van der Waals surface area contributed by atoms with Gasteiger partial charge in [0.05, 0.1) is 23.1 Å². The van der Waals surface area contributed by atoms with Crippen LogP contribution in [0, 0.1) is 0 Å². The van der Waals surface area contributed by atoms with E-state index in [-0.39, 0.29) is 12.4 Å². The average molecular weight is 498 g/mol. The minimum Gasteiger partial charge on any atom is -0.486 e. The van der Waals surface area contributed by atoms with Crippen LogP contribution in [-0.2, 0) is 19.8 Å². The van der Waals surface area contributed by atoms with Crippen LogP contribution in [0.4, 0.5) is 13.2 Å². The van der Waals surface area contributed by atoms with Gasteiger partial charge in [-0.25, -0.2) is 4.68 Å². The predicted molar refractivity (Wildman–Crippen MR) is 127 cm³/mol. The molecule has 0 N–H and O–H groups in total. The number of hydrogen-bond donors (Lipinski definition) is 0. The Morgan fingerprint density at radius 2 is 1.72 bits per heavy atom. The zero-order chi connectivity index (χ0) is 25.3. The molecule has 1 saturated heterocycles. The SMILES string of the molecule is CN1CCC(c2cn(-c3ccc(-c4nnc(COc5cccc(C(F)(F)F)c5)n4C)cc3)nn2)CC1. The number of aromatic nitrogens is 6. The molecule has 5 rings (SSSR count). The average Bonchev–Trinajstić information content (AvgIpc) is 3.50. The van der Waals surface area contributed by atoms with Crippen molar-refractivity contribution in [2.45, 2.75) is 31.5 Å². The van der Waals surface area contributed by atoms with E-state index in [1.54, 1.807) is 16.3 Å². The van der Waals surface area contributed by atoms with Crippen molar-refractivity contribution in [3.8, 4) is 22.8 Å². The Kier molecular flexibility index (Phi) is 6.48. The van der Waals surface area contributed by atoms with Crippen LogP contribution in [-0.4, -0.2) is 54.8 Å².